The predicted molar refractivity (Wildman–Crippen MR) is 39.3 cm³/mol. The molecule has 0 heterocycles. The maximum Gasteiger partial charge on any atom is 0.149 e. The lowest BCUT2D eigenvalue weighted by molar-refractivity contribution is -0.113. The van der Waals surface area contributed by atoms with Crippen LogP contribution in [0.3, 0.4) is 0 Å². The lowest BCUT2D eigenvalue weighted by Crippen LogP contribution is -2.06. The highest BCUT2D eigenvalue weighted by molar-refractivity contribution is 8.00. The van der Waals surface area contributed by atoms with E-state index in [2.05, 4.69) is 8.93 Å². The van der Waals surface area contributed by atoms with Gasteiger partial charge in [0.05, 0.1) is 0 Å². The molecule has 3 atom stereocenters. The Hall–Kier alpha value is 0.490. The Kier molecular flexibility index (Phi) is 5.97. The molecule has 0 rings (SSSR count). The van der Waals surface area contributed by atoms with E-state index in [1.807, 2.05) is 6.92 Å². The second kappa shape index (κ2) is 5.62. The smallest absolute Gasteiger partial charge is 0.149 e. The second-order valence-corrected chi connectivity index (χ2v) is 2.50. The molecule has 0 aromatic rings. The highest BCUT2D eigenvalue weighted by Gasteiger charge is 1.99. The third-order valence-corrected chi connectivity index (χ3v) is 1.62. The van der Waals surface area contributed by atoms with Crippen LogP contribution in [0.5, 0.6) is 0 Å². The van der Waals surface area contributed by atoms with Gasteiger partial charge < -0.3 is 9.32 Å². The Bertz CT molecular complexity index is 67.1. The van der Waals surface area contributed by atoms with Crippen molar-refractivity contribution in [1.29, 1.82) is 0 Å². The van der Waals surface area contributed by atoms with Crippen molar-refractivity contribution in [2.24, 2.45) is 0 Å². The molecule has 0 spiro atoms. The van der Waals surface area contributed by atoms with Crippen molar-refractivity contribution >= 4 is 23.7 Å². The SMILES string of the molecule is CCC(C=O)OPP. The third kappa shape index (κ3) is 3.49. The molecule has 0 aliphatic carbocycles. The maximum atomic E-state index is 10.00. The van der Waals surface area contributed by atoms with Gasteiger partial charge in [-0.3, -0.25) is 0 Å². The van der Waals surface area contributed by atoms with E-state index in [1.54, 1.807) is 0 Å². The summed E-state index contributed by atoms with van der Waals surface area (Å²) in [4.78, 5) is 10.00. The molecule has 0 fully saturated rings. The van der Waals surface area contributed by atoms with Gasteiger partial charge in [0.25, 0.3) is 0 Å². The molecule has 4 heteroatoms. The van der Waals surface area contributed by atoms with E-state index in [0.717, 1.165) is 12.7 Å². The first-order valence-electron chi connectivity index (χ1n) is 2.41. The van der Waals surface area contributed by atoms with E-state index in [0.29, 0.717) is 8.50 Å². The van der Waals surface area contributed by atoms with E-state index >= 15 is 0 Å². The maximum absolute atomic E-state index is 10.00. The van der Waals surface area contributed by atoms with E-state index in [-0.39, 0.29) is 6.10 Å². The number of hydrogen-bond acceptors (Lipinski definition) is 2. The zero-order valence-electron chi connectivity index (χ0n) is 4.76. The molecule has 0 saturated heterocycles. The van der Waals surface area contributed by atoms with Gasteiger partial charge in [0.1, 0.15) is 12.4 Å². The summed E-state index contributed by atoms with van der Waals surface area (Å²) < 4.78 is 4.96. The molecule has 0 saturated carbocycles. The standard InChI is InChI=1S/C4H10O2P2/c1-2-4(3-5)6-8-7/h3-4,8H,2,7H2,1H3. The second-order valence-electron chi connectivity index (χ2n) is 1.32. The topological polar surface area (TPSA) is 26.3 Å². The molecule has 2 nitrogen and oxygen atoms in total. The fourth-order valence-electron chi connectivity index (χ4n) is 0.295. The number of carbonyl (C=O) groups excluding carboxylic acids is 1. The van der Waals surface area contributed by atoms with Crippen molar-refractivity contribution < 1.29 is 9.32 Å². The quantitative estimate of drug-likeness (QED) is 0.449. The van der Waals surface area contributed by atoms with Crippen molar-refractivity contribution in [2.75, 3.05) is 0 Å². The Morgan fingerprint density at radius 1 is 2.00 bits per heavy atom. The van der Waals surface area contributed by atoms with E-state index < -0.39 is 0 Å². The first-order valence-corrected chi connectivity index (χ1v) is 5.13. The number of aldehydes is 1. The van der Waals surface area contributed by atoms with Gasteiger partial charge in [0.2, 0.25) is 0 Å². The normalized spacial score (nSPS) is 14.8. The summed E-state index contributed by atoms with van der Waals surface area (Å²) in [6, 6.07) is 0. The summed E-state index contributed by atoms with van der Waals surface area (Å²) in [5.74, 6) is 0. The van der Waals surface area contributed by atoms with E-state index in [4.69, 9.17) is 4.52 Å². The van der Waals surface area contributed by atoms with Gasteiger partial charge in [-0.2, -0.15) is 0 Å². The van der Waals surface area contributed by atoms with Crippen LogP contribution >= 0.6 is 17.4 Å². The Morgan fingerprint density at radius 3 is 2.75 bits per heavy atom. The molecule has 0 aliphatic heterocycles. The summed E-state index contributed by atoms with van der Waals surface area (Å²) in [7, 11) is 2.77. The molecule has 0 amide bonds. The lowest BCUT2D eigenvalue weighted by Gasteiger charge is -2.03. The fraction of sp³-hybridized carbons (Fsp3) is 0.750. The minimum absolute atomic E-state index is 0.189. The molecule has 0 N–H and O–H groups in total. The van der Waals surface area contributed by atoms with Gasteiger partial charge in [-0.05, 0) is 6.42 Å². The van der Waals surface area contributed by atoms with E-state index in [9.17, 15) is 4.79 Å². The summed E-state index contributed by atoms with van der Waals surface area (Å²) in [5, 5.41) is 0. The number of carbonyl (C=O) groups is 1. The minimum atomic E-state index is -0.189. The van der Waals surface area contributed by atoms with Crippen molar-refractivity contribution in [3.63, 3.8) is 0 Å². The third-order valence-electron chi connectivity index (χ3n) is 0.774. The Morgan fingerprint density at radius 2 is 2.62 bits per heavy atom. The first kappa shape index (κ1) is 8.49. The minimum Gasteiger partial charge on any atom is -0.348 e. The molecule has 3 unspecified atom stereocenters. The van der Waals surface area contributed by atoms with Gasteiger partial charge in [0.15, 0.2) is 0 Å². The van der Waals surface area contributed by atoms with Crippen LogP contribution in [0.1, 0.15) is 13.3 Å². The van der Waals surface area contributed by atoms with Crippen molar-refractivity contribution in [3.05, 3.63) is 0 Å². The van der Waals surface area contributed by atoms with Crippen molar-refractivity contribution in [2.45, 2.75) is 19.4 Å². The number of rotatable bonds is 4. The zero-order valence-corrected chi connectivity index (χ0v) is 6.91. The molecule has 0 bridgehead atoms. The van der Waals surface area contributed by atoms with Crippen LogP contribution in [-0.4, -0.2) is 12.4 Å². The van der Waals surface area contributed by atoms with Crippen LogP contribution in [-0.2, 0) is 9.32 Å². The molecule has 8 heavy (non-hydrogen) atoms. The summed E-state index contributed by atoms with van der Waals surface area (Å²) in [5.41, 5.74) is 0. The zero-order chi connectivity index (χ0) is 6.41. The van der Waals surface area contributed by atoms with Gasteiger partial charge in [0, 0.05) is 8.50 Å². The molecule has 0 aliphatic rings. The lowest BCUT2D eigenvalue weighted by atomic mass is 10.3. The van der Waals surface area contributed by atoms with E-state index in [1.165, 1.54) is 0 Å². The molecule has 0 radical (unpaired) electrons. The number of hydrogen-bond donors (Lipinski definition) is 0. The van der Waals surface area contributed by atoms with Crippen LogP contribution in [0.25, 0.3) is 0 Å². The van der Waals surface area contributed by atoms with Crippen LogP contribution in [0.15, 0.2) is 0 Å². The fourth-order valence-corrected chi connectivity index (χ4v) is 1.22. The van der Waals surface area contributed by atoms with Gasteiger partial charge in [-0.25, -0.2) is 0 Å². The summed E-state index contributed by atoms with van der Waals surface area (Å²) in [6.07, 6.45) is 1.41. The summed E-state index contributed by atoms with van der Waals surface area (Å²) >= 11 is 0. The highest BCUT2D eigenvalue weighted by atomic mass is 32.0. The van der Waals surface area contributed by atoms with Crippen molar-refractivity contribution in [1.82, 2.24) is 0 Å². The van der Waals surface area contributed by atoms with Gasteiger partial charge >= 0.3 is 0 Å². The van der Waals surface area contributed by atoms with Crippen LogP contribution in [0, 0.1) is 0 Å². The van der Waals surface area contributed by atoms with Crippen LogP contribution in [0.2, 0.25) is 0 Å². The van der Waals surface area contributed by atoms with Crippen LogP contribution in [0.4, 0.5) is 0 Å². The summed E-state index contributed by atoms with van der Waals surface area (Å²) in [6.45, 7) is 1.92. The Labute approximate surface area is 53.3 Å². The molecular formula is C4H10O2P2. The van der Waals surface area contributed by atoms with Gasteiger partial charge in [-0.15, -0.1) is 0 Å². The van der Waals surface area contributed by atoms with Crippen LogP contribution < -0.4 is 0 Å². The molecule has 0 aromatic heterocycles. The largest absolute Gasteiger partial charge is 0.348 e. The Balaban J connectivity index is 3.21. The molecule has 0 aromatic carbocycles. The molecule has 48 valence electrons. The monoisotopic (exact) mass is 152 g/mol. The molecular weight excluding hydrogens is 142 g/mol. The average Bonchev–Trinajstić information content (AvgIpc) is 1.83. The highest BCUT2D eigenvalue weighted by Crippen LogP contribution is 2.23. The van der Waals surface area contributed by atoms with Crippen molar-refractivity contribution in [3.8, 4) is 0 Å². The predicted octanol–water partition coefficient (Wildman–Crippen LogP) is 1.36. The first-order chi connectivity index (χ1) is 3.85. The van der Waals surface area contributed by atoms with Gasteiger partial charge in [-0.1, -0.05) is 15.9 Å². The average molecular weight is 152 g/mol.